The summed E-state index contributed by atoms with van der Waals surface area (Å²) in [7, 11) is 1.52. The predicted molar refractivity (Wildman–Crippen MR) is 79.6 cm³/mol. The molecule has 0 radical (unpaired) electrons. The molecule has 1 aromatic rings. The lowest BCUT2D eigenvalue weighted by Crippen LogP contribution is -2.34. The van der Waals surface area contributed by atoms with E-state index in [0.29, 0.717) is 29.3 Å². The third-order valence-electron chi connectivity index (χ3n) is 3.52. The number of anilines is 1. The molecule has 2 atom stereocenters. The molecule has 0 aliphatic heterocycles. The summed E-state index contributed by atoms with van der Waals surface area (Å²) in [6.07, 6.45) is 4.39. The van der Waals surface area contributed by atoms with E-state index in [9.17, 15) is 14.7 Å². The molecule has 0 fully saturated rings. The summed E-state index contributed by atoms with van der Waals surface area (Å²) in [5.74, 6) is -2.06. The Balaban J connectivity index is 2.17. The van der Waals surface area contributed by atoms with Crippen molar-refractivity contribution >= 4 is 29.2 Å². The van der Waals surface area contributed by atoms with Crippen molar-refractivity contribution < 1.29 is 19.4 Å². The summed E-state index contributed by atoms with van der Waals surface area (Å²) in [6.45, 7) is 0. The van der Waals surface area contributed by atoms with Crippen LogP contribution in [0.3, 0.4) is 0 Å². The van der Waals surface area contributed by atoms with E-state index >= 15 is 0 Å². The van der Waals surface area contributed by atoms with Crippen molar-refractivity contribution in [2.24, 2.45) is 11.8 Å². The Kier molecular flexibility index (Phi) is 4.85. The first-order valence-electron chi connectivity index (χ1n) is 6.55. The van der Waals surface area contributed by atoms with E-state index in [2.05, 4.69) is 5.32 Å². The van der Waals surface area contributed by atoms with Gasteiger partial charge in [-0.3, -0.25) is 9.59 Å². The molecule has 1 aliphatic rings. The molecule has 1 aliphatic carbocycles. The Bertz CT molecular complexity index is 585. The Morgan fingerprint density at radius 3 is 2.57 bits per heavy atom. The number of ether oxygens (including phenoxy) is 1. The number of halogens is 1. The number of methoxy groups -OCH3 is 1. The van der Waals surface area contributed by atoms with Gasteiger partial charge in [-0.2, -0.15) is 0 Å². The van der Waals surface area contributed by atoms with Gasteiger partial charge in [0.15, 0.2) is 0 Å². The van der Waals surface area contributed by atoms with Crippen LogP contribution in [-0.2, 0) is 9.59 Å². The van der Waals surface area contributed by atoms with Gasteiger partial charge in [0.25, 0.3) is 0 Å². The monoisotopic (exact) mass is 309 g/mol. The van der Waals surface area contributed by atoms with Crippen LogP contribution in [0.5, 0.6) is 5.75 Å². The number of nitrogens with one attached hydrogen (secondary N) is 1. The highest BCUT2D eigenvalue weighted by Crippen LogP contribution is 2.30. The van der Waals surface area contributed by atoms with Crippen LogP contribution < -0.4 is 10.1 Å². The number of carboxylic acid groups (broad SMARTS) is 1. The third-order valence-corrected chi connectivity index (χ3v) is 3.85. The van der Waals surface area contributed by atoms with Crippen LogP contribution >= 0.6 is 11.6 Å². The molecule has 0 saturated heterocycles. The summed E-state index contributed by atoms with van der Waals surface area (Å²) in [5.41, 5.74) is 0.416. The highest BCUT2D eigenvalue weighted by atomic mass is 35.5. The SMILES string of the molecule is COc1ccc(Cl)c(NC(=O)C2CC=CCC2C(=O)O)c1. The molecule has 0 saturated carbocycles. The fraction of sp³-hybridized carbons (Fsp3) is 0.333. The number of benzene rings is 1. The Hall–Kier alpha value is -2.01. The minimum absolute atomic E-state index is 0.345. The number of aliphatic carboxylic acids is 1. The lowest BCUT2D eigenvalue weighted by molar-refractivity contribution is -0.146. The van der Waals surface area contributed by atoms with Gasteiger partial charge in [0.05, 0.1) is 29.7 Å². The van der Waals surface area contributed by atoms with Crippen molar-refractivity contribution in [2.75, 3.05) is 12.4 Å². The Morgan fingerprint density at radius 2 is 1.95 bits per heavy atom. The molecule has 1 aromatic carbocycles. The van der Waals surface area contributed by atoms with Crippen molar-refractivity contribution in [2.45, 2.75) is 12.8 Å². The van der Waals surface area contributed by atoms with Crippen molar-refractivity contribution in [3.05, 3.63) is 35.4 Å². The molecule has 2 rings (SSSR count). The van der Waals surface area contributed by atoms with E-state index < -0.39 is 17.8 Å². The van der Waals surface area contributed by atoms with Gasteiger partial charge in [-0.1, -0.05) is 23.8 Å². The second kappa shape index (κ2) is 6.63. The standard InChI is InChI=1S/C15H16ClNO4/c1-21-9-6-7-12(16)13(8-9)17-14(18)10-4-2-3-5-11(10)15(19)20/h2-3,6-8,10-11H,4-5H2,1H3,(H,17,18)(H,19,20). The minimum atomic E-state index is -0.962. The fourth-order valence-corrected chi connectivity index (χ4v) is 2.49. The largest absolute Gasteiger partial charge is 0.497 e. The van der Waals surface area contributed by atoms with E-state index in [4.69, 9.17) is 16.3 Å². The molecular formula is C15H16ClNO4. The van der Waals surface area contributed by atoms with Gasteiger partial charge in [-0.05, 0) is 25.0 Å². The highest BCUT2D eigenvalue weighted by molar-refractivity contribution is 6.33. The molecule has 0 heterocycles. The topological polar surface area (TPSA) is 75.6 Å². The van der Waals surface area contributed by atoms with Crippen molar-refractivity contribution in [3.63, 3.8) is 0 Å². The number of hydrogen-bond donors (Lipinski definition) is 2. The maximum Gasteiger partial charge on any atom is 0.307 e. The fourth-order valence-electron chi connectivity index (χ4n) is 2.33. The Labute approximate surface area is 127 Å². The maximum atomic E-state index is 12.3. The van der Waals surface area contributed by atoms with Crippen LogP contribution in [-0.4, -0.2) is 24.1 Å². The zero-order valence-corrected chi connectivity index (χ0v) is 12.3. The maximum absolute atomic E-state index is 12.3. The van der Waals surface area contributed by atoms with Crippen molar-refractivity contribution in [1.29, 1.82) is 0 Å². The third kappa shape index (κ3) is 3.55. The second-order valence-corrected chi connectivity index (χ2v) is 5.24. The van der Waals surface area contributed by atoms with E-state index in [1.165, 1.54) is 7.11 Å². The van der Waals surface area contributed by atoms with Crippen molar-refractivity contribution in [1.82, 2.24) is 0 Å². The molecule has 0 spiro atoms. The summed E-state index contributed by atoms with van der Waals surface area (Å²) < 4.78 is 5.08. The van der Waals surface area contributed by atoms with Gasteiger partial charge in [-0.15, -0.1) is 0 Å². The van der Waals surface area contributed by atoms with Gasteiger partial charge < -0.3 is 15.2 Å². The number of carboxylic acids is 1. The first kappa shape index (κ1) is 15.4. The van der Waals surface area contributed by atoms with E-state index in [-0.39, 0.29) is 5.91 Å². The van der Waals surface area contributed by atoms with Crippen LogP contribution in [0.15, 0.2) is 30.4 Å². The molecule has 2 N–H and O–H groups in total. The van der Waals surface area contributed by atoms with E-state index in [1.54, 1.807) is 24.3 Å². The normalized spacial score (nSPS) is 20.9. The van der Waals surface area contributed by atoms with Gasteiger partial charge >= 0.3 is 5.97 Å². The molecule has 0 bridgehead atoms. The average Bonchev–Trinajstić information content (AvgIpc) is 2.49. The molecule has 1 amide bonds. The van der Waals surface area contributed by atoms with Crippen LogP contribution in [0.1, 0.15) is 12.8 Å². The first-order valence-corrected chi connectivity index (χ1v) is 6.93. The molecule has 0 aromatic heterocycles. The number of carbonyl (C=O) groups excluding carboxylic acids is 1. The molecule has 21 heavy (non-hydrogen) atoms. The van der Waals surface area contributed by atoms with E-state index in [0.717, 1.165) is 0 Å². The number of carbonyl (C=O) groups is 2. The minimum Gasteiger partial charge on any atom is -0.497 e. The highest BCUT2D eigenvalue weighted by Gasteiger charge is 2.34. The summed E-state index contributed by atoms with van der Waals surface area (Å²) in [5, 5.41) is 12.3. The van der Waals surface area contributed by atoms with Gasteiger partial charge in [0, 0.05) is 6.07 Å². The second-order valence-electron chi connectivity index (χ2n) is 4.83. The van der Waals surface area contributed by atoms with Crippen LogP contribution in [0.2, 0.25) is 5.02 Å². The average molecular weight is 310 g/mol. The van der Waals surface area contributed by atoms with Crippen molar-refractivity contribution in [3.8, 4) is 5.75 Å². The number of amides is 1. The first-order chi connectivity index (χ1) is 10.0. The quantitative estimate of drug-likeness (QED) is 0.838. The number of allylic oxidation sites excluding steroid dienone is 2. The predicted octanol–water partition coefficient (Wildman–Crippen LogP) is 2.95. The number of rotatable bonds is 4. The van der Waals surface area contributed by atoms with Gasteiger partial charge in [-0.25, -0.2) is 0 Å². The summed E-state index contributed by atoms with van der Waals surface area (Å²) >= 11 is 6.03. The summed E-state index contributed by atoms with van der Waals surface area (Å²) in [6, 6.07) is 4.90. The lowest BCUT2D eigenvalue weighted by Gasteiger charge is -2.24. The number of hydrogen-bond acceptors (Lipinski definition) is 3. The molecule has 112 valence electrons. The Morgan fingerprint density at radius 1 is 1.29 bits per heavy atom. The molecule has 6 heteroatoms. The van der Waals surface area contributed by atoms with Crippen LogP contribution in [0.25, 0.3) is 0 Å². The molecule has 2 unspecified atom stereocenters. The zero-order chi connectivity index (χ0) is 15.4. The molecule has 5 nitrogen and oxygen atoms in total. The van der Waals surface area contributed by atoms with E-state index in [1.807, 2.05) is 6.08 Å². The van der Waals surface area contributed by atoms with Gasteiger partial charge in [0.1, 0.15) is 5.75 Å². The lowest BCUT2D eigenvalue weighted by atomic mass is 9.82. The van der Waals surface area contributed by atoms with Crippen LogP contribution in [0.4, 0.5) is 5.69 Å². The smallest absolute Gasteiger partial charge is 0.307 e. The summed E-state index contributed by atoms with van der Waals surface area (Å²) in [4.78, 5) is 23.6. The van der Waals surface area contributed by atoms with Crippen LogP contribution in [0, 0.1) is 11.8 Å². The van der Waals surface area contributed by atoms with Gasteiger partial charge in [0.2, 0.25) is 5.91 Å². The molecular weight excluding hydrogens is 294 g/mol. The zero-order valence-electron chi connectivity index (χ0n) is 11.5.